The first kappa shape index (κ1) is 13.1. The third-order valence-electron chi connectivity index (χ3n) is 3.54. The lowest BCUT2D eigenvalue weighted by Crippen LogP contribution is -2.32. The van der Waals surface area contributed by atoms with Gasteiger partial charge in [-0.25, -0.2) is 14.4 Å². The van der Waals surface area contributed by atoms with Gasteiger partial charge in [-0.15, -0.1) is 0 Å². The van der Waals surface area contributed by atoms with Gasteiger partial charge in [0.05, 0.1) is 0 Å². The van der Waals surface area contributed by atoms with Gasteiger partial charge in [0.2, 0.25) is 0 Å². The van der Waals surface area contributed by atoms with Gasteiger partial charge in [0.1, 0.15) is 17.8 Å². The Morgan fingerprint density at radius 1 is 1.35 bits per heavy atom. The molecule has 0 radical (unpaired) electrons. The van der Waals surface area contributed by atoms with E-state index < -0.39 is 0 Å². The molecule has 0 spiro atoms. The second-order valence-corrected chi connectivity index (χ2v) is 5.02. The maximum atomic E-state index is 13.7. The van der Waals surface area contributed by atoms with Crippen molar-refractivity contribution in [2.24, 2.45) is 0 Å². The summed E-state index contributed by atoms with van der Waals surface area (Å²) in [6.07, 6.45) is 2.10. The maximum absolute atomic E-state index is 13.7. The molecular formula is C14H14ClFN4. The van der Waals surface area contributed by atoms with Crippen molar-refractivity contribution in [2.75, 3.05) is 23.8 Å². The molecule has 3 rings (SSSR count). The van der Waals surface area contributed by atoms with Gasteiger partial charge in [0.15, 0.2) is 11.0 Å². The van der Waals surface area contributed by atoms with Gasteiger partial charge in [-0.05, 0) is 23.6 Å². The van der Waals surface area contributed by atoms with Crippen LogP contribution >= 0.6 is 11.6 Å². The summed E-state index contributed by atoms with van der Waals surface area (Å²) in [5, 5.41) is 3.42. The predicted molar refractivity (Wildman–Crippen MR) is 77.7 cm³/mol. The minimum absolute atomic E-state index is 0.128. The standard InChI is InChI=1S/C14H14ClFN4/c1-17-12-13(15)18-8-19-14(12)20-6-5-10-9(7-20)3-2-4-11(10)16/h2-4,8,17H,5-7H2,1H3. The molecule has 0 bridgehead atoms. The average molecular weight is 293 g/mol. The van der Waals surface area contributed by atoms with E-state index in [-0.39, 0.29) is 5.82 Å². The summed E-state index contributed by atoms with van der Waals surface area (Å²) < 4.78 is 13.7. The fourth-order valence-corrected chi connectivity index (χ4v) is 2.78. The Labute approximate surface area is 121 Å². The van der Waals surface area contributed by atoms with E-state index in [0.717, 1.165) is 16.9 Å². The quantitative estimate of drug-likeness (QED) is 0.864. The van der Waals surface area contributed by atoms with Crippen LogP contribution in [0.25, 0.3) is 0 Å². The molecule has 1 aromatic carbocycles. The summed E-state index contributed by atoms with van der Waals surface area (Å²) >= 11 is 6.07. The first-order valence-electron chi connectivity index (χ1n) is 6.40. The summed E-state index contributed by atoms with van der Waals surface area (Å²) in [5.41, 5.74) is 2.50. The molecule has 0 saturated heterocycles. The van der Waals surface area contributed by atoms with Gasteiger partial charge in [-0.1, -0.05) is 23.7 Å². The second kappa shape index (κ2) is 5.25. The smallest absolute Gasteiger partial charge is 0.157 e. The zero-order valence-electron chi connectivity index (χ0n) is 11.0. The molecule has 1 N–H and O–H groups in total. The zero-order chi connectivity index (χ0) is 14.1. The molecule has 0 amide bonds. The lowest BCUT2D eigenvalue weighted by atomic mass is 9.99. The SMILES string of the molecule is CNc1c(Cl)ncnc1N1CCc2c(F)cccc2C1. The van der Waals surface area contributed by atoms with E-state index in [4.69, 9.17) is 11.6 Å². The van der Waals surface area contributed by atoms with E-state index in [1.165, 1.54) is 12.4 Å². The molecule has 2 aromatic rings. The fraction of sp³-hybridized carbons (Fsp3) is 0.286. The number of rotatable bonds is 2. The molecule has 1 aliphatic heterocycles. The first-order chi connectivity index (χ1) is 9.70. The van der Waals surface area contributed by atoms with E-state index in [1.54, 1.807) is 13.1 Å². The van der Waals surface area contributed by atoms with Crippen molar-refractivity contribution in [1.29, 1.82) is 0 Å². The largest absolute Gasteiger partial charge is 0.383 e. The van der Waals surface area contributed by atoms with Crippen molar-refractivity contribution >= 4 is 23.1 Å². The van der Waals surface area contributed by atoms with Crippen LogP contribution in [0.1, 0.15) is 11.1 Å². The molecule has 1 aliphatic rings. The Morgan fingerprint density at radius 2 is 2.20 bits per heavy atom. The first-order valence-corrected chi connectivity index (χ1v) is 6.78. The van der Waals surface area contributed by atoms with Crippen molar-refractivity contribution in [3.05, 3.63) is 46.6 Å². The predicted octanol–water partition coefficient (Wildman–Crippen LogP) is 2.87. The number of fused-ring (bicyclic) bond motifs is 1. The van der Waals surface area contributed by atoms with E-state index in [2.05, 4.69) is 20.2 Å². The molecule has 0 saturated carbocycles. The van der Waals surface area contributed by atoms with Crippen molar-refractivity contribution in [2.45, 2.75) is 13.0 Å². The Morgan fingerprint density at radius 3 is 3.00 bits per heavy atom. The number of anilines is 2. The van der Waals surface area contributed by atoms with E-state index in [1.807, 2.05) is 6.07 Å². The van der Waals surface area contributed by atoms with Gasteiger partial charge in [-0.2, -0.15) is 0 Å². The third-order valence-corrected chi connectivity index (χ3v) is 3.83. The van der Waals surface area contributed by atoms with Crippen LogP contribution in [0, 0.1) is 5.82 Å². The van der Waals surface area contributed by atoms with Crippen LogP contribution in [0.5, 0.6) is 0 Å². The molecule has 2 heterocycles. The maximum Gasteiger partial charge on any atom is 0.157 e. The number of hydrogen-bond acceptors (Lipinski definition) is 4. The highest BCUT2D eigenvalue weighted by Gasteiger charge is 2.22. The summed E-state index contributed by atoms with van der Waals surface area (Å²) in [5.74, 6) is 0.624. The van der Waals surface area contributed by atoms with Gasteiger partial charge >= 0.3 is 0 Å². The molecule has 1 aromatic heterocycles. The average Bonchev–Trinajstić information content (AvgIpc) is 2.47. The van der Waals surface area contributed by atoms with E-state index in [9.17, 15) is 4.39 Å². The second-order valence-electron chi connectivity index (χ2n) is 4.66. The lowest BCUT2D eigenvalue weighted by molar-refractivity contribution is 0.589. The monoisotopic (exact) mass is 292 g/mol. The van der Waals surface area contributed by atoms with Gasteiger partial charge < -0.3 is 10.2 Å². The van der Waals surface area contributed by atoms with Crippen LogP contribution in [0.2, 0.25) is 5.15 Å². The zero-order valence-corrected chi connectivity index (χ0v) is 11.8. The number of nitrogens with one attached hydrogen (secondary N) is 1. The highest BCUT2D eigenvalue weighted by Crippen LogP contribution is 2.32. The van der Waals surface area contributed by atoms with Crippen LogP contribution in [-0.2, 0) is 13.0 Å². The molecule has 20 heavy (non-hydrogen) atoms. The van der Waals surface area contributed by atoms with E-state index in [0.29, 0.717) is 30.4 Å². The van der Waals surface area contributed by atoms with Gasteiger partial charge in [0.25, 0.3) is 0 Å². The molecule has 104 valence electrons. The number of hydrogen-bond donors (Lipinski definition) is 1. The van der Waals surface area contributed by atoms with Crippen LogP contribution in [0.4, 0.5) is 15.9 Å². The highest BCUT2D eigenvalue weighted by atomic mass is 35.5. The summed E-state index contributed by atoms with van der Waals surface area (Å²) in [7, 11) is 1.78. The van der Waals surface area contributed by atoms with E-state index >= 15 is 0 Å². The molecule has 0 fully saturated rings. The molecule has 0 aliphatic carbocycles. The molecule has 6 heteroatoms. The summed E-state index contributed by atoms with van der Waals surface area (Å²) in [4.78, 5) is 10.4. The Bertz CT molecular complexity index is 647. The highest BCUT2D eigenvalue weighted by molar-refractivity contribution is 6.32. The number of nitrogens with zero attached hydrogens (tertiary/aromatic N) is 3. The van der Waals surface area contributed by atoms with Gasteiger partial charge in [-0.3, -0.25) is 0 Å². The summed E-state index contributed by atoms with van der Waals surface area (Å²) in [6, 6.07) is 5.20. The van der Waals surface area contributed by atoms with Crippen LogP contribution in [0.3, 0.4) is 0 Å². The van der Waals surface area contributed by atoms with Crippen LogP contribution in [0.15, 0.2) is 24.5 Å². The van der Waals surface area contributed by atoms with Crippen LogP contribution < -0.4 is 10.2 Å². The van der Waals surface area contributed by atoms with Crippen LogP contribution in [-0.4, -0.2) is 23.6 Å². The summed E-state index contributed by atoms with van der Waals surface area (Å²) in [6.45, 7) is 1.32. The van der Waals surface area contributed by atoms with Crippen molar-refractivity contribution in [3.63, 3.8) is 0 Å². The topological polar surface area (TPSA) is 41.1 Å². The van der Waals surface area contributed by atoms with Crippen molar-refractivity contribution in [3.8, 4) is 0 Å². The number of halogens is 2. The lowest BCUT2D eigenvalue weighted by Gasteiger charge is -2.31. The molecular weight excluding hydrogens is 279 g/mol. The Kier molecular flexibility index (Phi) is 3.44. The number of aromatic nitrogens is 2. The van der Waals surface area contributed by atoms with Gasteiger partial charge in [0, 0.05) is 20.1 Å². The minimum Gasteiger partial charge on any atom is -0.383 e. The minimum atomic E-state index is -0.128. The molecule has 4 nitrogen and oxygen atoms in total. The third kappa shape index (κ3) is 2.18. The normalized spacial score (nSPS) is 14.1. The fourth-order valence-electron chi connectivity index (χ4n) is 2.55. The molecule has 0 atom stereocenters. The molecule has 0 unspecified atom stereocenters. The number of benzene rings is 1. The van der Waals surface area contributed by atoms with Crippen molar-refractivity contribution < 1.29 is 4.39 Å². The Hall–Kier alpha value is -1.88. The Balaban J connectivity index is 1.97. The van der Waals surface area contributed by atoms with Crippen molar-refractivity contribution in [1.82, 2.24) is 9.97 Å².